The van der Waals surface area contributed by atoms with Gasteiger partial charge in [0, 0.05) is 24.8 Å². The van der Waals surface area contributed by atoms with E-state index in [-0.39, 0.29) is 11.3 Å². The maximum atomic E-state index is 12.7. The molecule has 2 fully saturated rings. The zero-order chi connectivity index (χ0) is 19.5. The van der Waals surface area contributed by atoms with Gasteiger partial charge in [-0.25, -0.2) is 9.00 Å². The largest absolute Gasteiger partial charge is 0.331 e. The number of urea groups is 1. The Balaban J connectivity index is 1.20. The predicted molar refractivity (Wildman–Crippen MR) is 113 cm³/mol. The number of likely N-dealkylation sites (tertiary alicyclic amines) is 1. The van der Waals surface area contributed by atoms with Crippen molar-refractivity contribution in [3.8, 4) is 0 Å². The van der Waals surface area contributed by atoms with Crippen LogP contribution in [0.2, 0.25) is 0 Å². The fraction of sp³-hybridized carbons (Fsp3) is 0.682. The second kappa shape index (κ2) is 6.84. The lowest BCUT2D eigenvalue weighted by atomic mass is 9.63. The lowest BCUT2D eigenvalue weighted by Gasteiger charge is -2.60. The molecule has 1 aliphatic heterocycles. The summed E-state index contributed by atoms with van der Waals surface area (Å²) in [4.78, 5) is 15.1. The molecule has 4 aliphatic rings. The topological polar surface area (TPSA) is 61.4 Å². The van der Waals surface area contributed by atoms with Gasteiger partial charge in [-0.2, -0.15) is 0 Å². The van der Waals surface area contributed by atoms with Crippen LogP contribution in [0, 0.1) is 5.41 Å². The van der Waals surface area contributed by atoms with E-state index in [0.29, 0.717) is 11.5 Å². The van der Waals surface area contributed by atoms with Crippen LogP contribution < -0.4 is 10.0 Å². The molecule has 1 saturated heterocycles. The molecule has 2 amide bonds. The summed E-state index contributed by atoms with van der Waals surface area (Å²) in [5.41, 5.74) is 6.81. The Morgan fingerprint density at radius 3 is 2.29 bits per heavy atom. The predicted octanol–water partition coefficient (Wildman–Crippen LogP) is 3.32. The normalized spacial score (nSPS) is 23.8. The van der Waals surface area contributed by atoms with Gasteiger partial charge in [0.25, 0.3) is 0 Å². The number of hydrogen-bond donors (Lipinski definition) is 2. The number of amides is 2. The summed E-state index contributed by atoms with van der Waals surface area (Å²) in [6.07, 6.45) is 8.58. The maximum Gasteiger partial charge on any atom is 0.331 e. The molecule has 1 spiro atoms. The van der Waals surface area contributed by atoms with E-state index in [1.807, 2.05) is 0 Å². The van der Waals surface area contributed by atoms with Crippen LogP contribution in [0.5, 0.6) is 0 Å². The molecule has 1 saturated carbocycles. The first kappa shape index (κ1) is 18.6. The van der Waals surface area contributed by atoms with Gasteiger partial charge in [0.2, 0.25) is 0 Å². The lowest BCUT2D eigenvalue weighted by molar-refractivity contribution is -0.0727. The maximum absolute atomic E-state index is 12.7. The summed E-state index contributed by atoms with van der Waals surface area (Å²) in [6.45, 7) is 6.69. The molecule has 0 bridgehead atoms. The number of rotatable bonds is 4. The van der Waals surface area contributed by atoms with E-state index >= 15 is 0 Å². The van der Waals surface area contributed by atoms with E-state index in [1.54, 1.807) is 0 Å². The molecule has 5 rings (SSSR count). The monoisotopic (exact) mass is 401 g/mol. The van der Waals surface area contributed by atoms with Crippen molar-refractivity contribution in [2.24, 2.45) is 5.41 Å². The molecule has 5 nitrogen and oxygen atoms in total. The van der Waals surface area contributed by atoms with E-state index < -0.39 is 11.0 Å². The highest BCUT2D eigenvalue weighted by atomic mass is 32.2. The number of carbonyl (C=O) groups is 1. The van der Waals surface area contributed by atoms with Gasteiger partial charge in [0.1, 0.15) is 11.0 Å². The molecule has 1 atom stereocenters. The van der Waals surface area contributed by atoms with Gasteiger partial charge < -0.3 is 5.32 Å². The van der Waals surface area contributed by atoms with Crippen molar-refractivity contribution in [2.45, 2.75) is 76.5 Å². The number of carbonyl (C=O) groups excluding carboxylic acids is 1. The summed E-state index contributed by atoms with van der Waals surface area (Å²) in [7, 11) is -1.30. The number of anilines is 1. The Morgan fingerprint density at radius 2 is 1.71 bits per heavy atom. The summed E-state index contributed by atoms with van der Waals surface area (Å²) >= 11 is 0. The van der Waals surface area contributed by atoms with Gasteiger partial charge in [-0.3, -0.25) is 9.62 Å². The first-order valence-electron chi connectivity index (χ1n) is 10.8. The van der Waals surface area contributed by atoms with Gasteiger partial charge >= 0.3 is 6.03 Å². The fourth-order valence-corrected chi connectivity index (χ4v) is 7.19. The van der Waals surface area contributed by atoms with E-state index in [4.69, 9.17) is 0 Å². The molecule has 0 aromatic heterocycles. The summed E-state index contributed by atoms with van der Waals surface area (Å²) < 4.78 is 15.4. The van der Waals surface area contributed by atoms with Crippen LogP contribution in [0.25, 0.3) is 0 Å². The van der Waals surface area contributed by atoms with Gasteiger partial charge in [0.15, 0.2) is 0 Å². The van der Waals surface area contributed by atoms with Crippen LogP contribution in [0.4, 0.5) is 10.5 Å². The van der Waals surface area contributed by atoms with Crippen LogP contribution in [-0.4, -0.2) is 39.5 Å². The lowest BCUT2D eigenvalue weighted by Crippen LogP contribution is -2.66. The second-order valence-electron chi connectivity index (χ2n) is 9.62. The van der Waals surface area contributed by atoms with E-state index in [1.165, 1.54) is 22.3 Å². The molecular weight excluding hydrogens is 370 g/mol. The van der Waals surface area contributed by atoms with Crippen molar-refractivity contribution in [3.05, 3.63) is 28.3 Å². The number of aryl methyl sites for hydroxylation is 2. The van der Waals surface area contributed by atoms with Gasteiger partial charge in [-0.15, -0.1) is 0 Å². The highest BCUT2D eigenvalue weighted by molar-refractivity contribution is 7.84. The first-order chi connectivity index (χ1) is 13.4. The summed E-state index contributed by atoms with van der Waals surface area (Å²) in [5, 5.41) is 3.20. The summed E-state index contributed by atoms with van der Waals surface area (Å²) in [5.74, 6) is 0. The molecule has 1 aromatic carbocycles. The van der Waals surface area contributed by atoms with Gasteiger partial charge in [-0.1, -0.05) is 6.07 Å². The second-order valence-corrected chi connectivity index (χ2v) is 11.1. The van der Waals surface area contributed by atoms with Crippen LogP contribution in [0.1, 0.15) is 61.8 Å². The minimum Gasteiger partial charge on any atom is -0.307 e. The molecule has 3 aliphatic carbocycles. The minimum absolute atomic E-state index is 0.104. The van der Waals surface area contributed by atoms with E-state index in [9.17, 15) is 9.00 Å². The molecule has 0 radical (unpaired) electrons. The number of nitrogens with one attached hydrogen (secondary N) is 2. The zero-order valence-corrected chi connectivity index (χ0v) is 17.8. The van der Waals surface area contributed by atoms with E-state index in [0.717, 1.165) is 70.1 Å². The fourth-order valence-electron chi connectivity index (χ4n) is 5.78. The highest BCUT2D eigenvalue weighted by Gasteiger charge is 2.54. The van der Waals surface area contributed by atoms with Crippen LogP contribution in [-0.2, 0) is 36.7 Å². The van der Waals surface area contributed by atoms with Gasteiger partial charge in [0.05, 0.1) is 5.25 Å². The van der Waals surface area contributed by atoms with Crippen molar-refractivity contribution >= 4 is 22.7 Å². The average molecular weight is 402 g/mol. The third-order valence-electron chi connectivity index (χ3n) is 7.34. The quantitative estimate of drug-likeness (QED) is 0.814. The third-order valence-corrected chi connectivity index (χ3v) is 8.66. The van der Waals surface area contributed by atoms with Gasteiger partial charge in [-0.05, 0) is 92.9 Å². The van der Waals surface area contributed by atoms with Crippen LogP contribution in [0.3, 0.4) is 0 Å². The van der Waals surface area contributed by atoms with E-state index in [2.05, 4.69) is 34.9 Å². The Kier molecular flexibility index (Phi) is 4.55. The molecule has 1 unspecified atom stereocenters. The molecule has 1 heterocycles. The third kappa shape index (κ3) is 3.09. The highest BCUT2D eigenvalue weighted by Crippen LogP contribution is 2.50. The zero-order valence-electron chi connectivity index (χ0n) is 17.0. The molecule has 1 aromatic rings. The molecule has 6 heteroatoms. The standard InChI is InChI=1S/C22H31N3O2S/c1-14(2)25-12-22(13-25)10-17(11-22)28(27)24-21(26)23-20-18-7-3-5-15(18)9-16-6-4-8-19(16)20/h9,14,17H,3-8,10-13H2,1-2H3,(H2,23,24,26). The van der Waals surface area contributed by atoms with Crippen LogP contribution >= 0.6 is 0 Å². The van der Waals surface area contributed by atoms with Crippen molar-refractivity contribution in [1.29, 1.82) is 0 Å². The number of nitrogens with zero attached hydrogens (tertiary/aromatic N) is 1. The number of fused-ring (bicyclic) bond motifs is 2. The molecule has 2 N–H and O–H groups in total. The Labute approximate surface area is 170 Å². The van der Waals surface area contributed by atoms with Crippen molar-refractivity contribution < 1.29 is 9.00 Å². The first-order valence-corrected chi connectivity index (χ1v) is 12.0. The molecule has 28 heavy (non-hydrogen) atoms. The van der Waals surface area contributed by atoms with Crippen molar-refractivity contribution in [2.75, 3.05) is 18.4 Å². The minimum atomic E-state index is -1.30. The van der Waals surface area contributed by atoms with Crippen molar-refractivity contribution in [1.82, 2.24) is 9.62 Å². The Hall–Kier alpha value is -1.40. The van der Waals surface area contributed by atoms with Crippen molar-refractivity contribution in [3.63, 3.8) is 0 Å². The molecule has 152 valence electrons. The van der Waals surface area contributed by atoms with Crippen LogP contribution in [0.15, 0.2) is 6.07 Å². The average Bonchev–Trinajstić information content (AvgIpc) is 3.20. The summed E-state index contributed by atoms with van der Waals surface area (Å²) in [6, 6.07) is 2.65. The smallest absolute Gasteiger partial charge is 0.307 e. The SMILES string of the molecule is CC(C)N1CC2(CC(S(=O)NC(=O)Nc3c4c(cc5c3CCC5)CCC4)C2)C1. The number of benzene rings is 1. The number of hydrogen-bond acceptors (Lipinski definition) is 3. The Bertz CT molecular complexity index is 804. The Morgan fingerprint density at radius 1 is 1.11 bits per heavy atom. The molecular formula is C22H31N3O2S.